The molecule has 0 bridgehead atoms. The summed E-state index contributed by atoms with van der Waals surface area (Å²) in [5.74, 6) is 0.897. The summed E-state index contributed by atoms with van der Waals surface area (Å²) < 4.78 is 5.10. The lowest BCUT2D eigenvalue weighted by Crippen LogP contribution is -2.35. The number of urea groups is 1. The van der Waals surface area contributed by atoms with Crippen LogP contribution in [-0.2, 0) is 11.2 Å². The van der Waals surface area contributed by atoms with E-state index in [1.54, 1.807) is 31.4 Å². The minimum absolute atomic E-state index is 0.164. The van der Waals surface area contributed by atoms with Crippen molar-refractivity contribution in [2.75, 3.05) is 29.2 Å². The molecule has 0 saturated carbocycles. The number of hydrogen-bond acceptors (Lipinski definition) is 3. The van der Waals surface area contributed by atoms with Gasteiger partial charge in [-0.2, -0.15) is 0 Å². The lowest BCUT2D eigenvalue weighted by atomic mass is 10.00. The second-order valence-corrected chi connectivity index (χ2v) is 6.20. The van der Waals surface area contributed by atoms with Crippen LogP contribution in [0.25, 0.3) is 0 Å². The van der Waals surface area contributed by atoms with Crippen molar-refractivity contribution in [1.29, 1.82) is 0 Å². The molecule has 0 atom stereocenters. The predicted octanol–water partition coefficient (Wildman–Crippen LogP) is 4.03. The fraction of sp³-hybridized carbons (Fsp3) is 0.300. The standard InChI is InChI=1S/C20H23N3O3/c1-3-12-23-18-10-7-16(13-14(18)4-11-19(23)24)22-20(25)21-15-5-8-17(26-2)9-6-15/h5-10,13H,3-4,11-12H2,1-2H3,(H2,21,22,25). The fourth-order valence-corrected chi connectivity index (χ4v) is 3.07. The maximum Gasteiger partial charge on any atom is 0.323 e. The summed E-state index contributed by atoms with van der Waals surface area (Å²) in [5, 5.41) is 5.63. The molecule has 0 radical (unpaired) electrons. The van der Waals surface area contributed by atoms with E-state index < -0.39 is 0 Å². The first-order valence-corrected chi connectivity index (χ1v) is 8.76. The molecule has 2 aromatic carbocycles. The maximum atomic E-state index is 12.2. The fourth-order valence-electron chi connectivity index (χ4n) is 3.07. The van der Waals surface area contributed by atoms with Gasteiger partial charge in [-0.05, 0) is 60.9 Å². The highest BCUT2D eigenvalue weighted by atomic mass is 16.5. The molecule has 26 heavy (non-hydrogen) atoms. The first kappa shape index (κ1) is 17.8. The number of carbonyl (C=O) groups excluding carboxylic acids is 2. The van der Waals surface area contributed by atoms with Crippen LogP contribution >= 0.6 is 0 Å². The molecule has 0 aromatic heterocycles. The summed E-state index contributed by atoms with van der Waals surface area (Å²) in [6.45, 7) is 2.78. The third-order valence-electron chi connectivity index (χ3n) is 4.33. The summed E-state index contributed by atoms with van der Waals surface area (Å²) in [4.78, 5) is 26.1. The molecule has 0 spiro atoms. The van der Waals surface area contributed by atoms with E-state index in [-0.39, 0.29) is 11.9 Å². The van der Waals surface area contributed by atoms with Gasteiger partial charge in [-0.3, -0.25) is 4.79 Å². The number of rotatable bonds is 5. The van der Waals surface area contributed by atoms with E-state index >= 15 is 0 Å². The number of carbonyl (C=O) groups is 2. The van der Waals surface area contributed by atoms with Crippen LogP contribution in [0.5, 0.6) is 5.75 Å². The summed E-state index contributed by atoms with van der Waals surface area (Å²) in [7, 11) is 1.60. The van der Waals surface area contributed by atoms with Crippen molar-refractivity contribution in [3.8, 4) is 5.75 Å². The molecule has 6 nitrogen and oxygen atoms in total. The van der Waals surface area contributed by atoms with Gasteiger partial charge in [0.25, 0.3) is 0 Å². The number of ether oxygens (including phenoxy) is 1. The zero-order valence-corrected chi connectivity index (χ0v) is 15.0. The molecule has 0 fully saturated rings. The average Bonchev–Trinajstić information content (AvgIpc) is 2.65. The van der Waals surface area contributed by atoms with Gasteiger partial charge in [0.2, 0.25) is 5.91 Å². The molecule has 0 unspecified atom stereocenters. The van der Waals surface area contributed by atoms with Crippen LogP contribution in [0.4, 0.5) is 21.9 Å². The van der Waals surface area contributed by atoms with Gasteiger partial charge in [0, 0.05) is 30.0 Å². The van der Waals surface area contributed by atoms with Gasteiger partial charge in [-0.25, -0.2) is 4.79 Å². The summed E-state index contributed by atoms with van der Waals surface area (Å²) >= 11 is 0. The van der Waals surface area contributed by atoms with Crippen LogP contribution in [0.1, 0.15) is 25.3 Å². The Labute approximate surface area is 153 Å². The lowest BCUT2D eigenvalue weighted by Gasteiger charge is -2.29. The third kappa shape index (κ3) is 3.96. The Morgan fingerprint density at radius 1 is 1.08 bits per heavy atom. The number of benzene rings is 2. The molecule has 1 aliphatic heterocycles. The van der Waals surface area contributed by atoms with Crippen LogP contribution < -0.4 is 20.3 Å². The first-order valence-electron chi connectivity index (χ1n) is 8.76. The van der Waals surface area contributed by atoms with Gasteiger partial charge >= 0.3 is 6.03 Å². The number of anilines is 3. The zero-order valence-electron chi connectivity index (χ0n) is 15.0. The van der Waals surface area contributed by atoms with Gasteiger partial charge in [0.15, 0.2) is 0 Å². The van der Waals surface area contributed by atoms with E-state index in [1.165, 1.54) is 0 Å². The number of aryl methyl sites for hydroxylation is 1. The molecule has 2 N–H and O–H groups in total. The van der Waals surface area contributed by atoms with Crippen LogP contribution in [0.15, 0.2) is 42.5 Å². The second-order valence-electron chi connectivity index (χ2n) is 6.20. The van der Waals surface area contributed by atoms with Crippen LogP contribution in [0.2, 0.25) is 0 Å². The molecule has 0 aliphatic carbocycles. The lowest BCUT2D eigenvalue weighted by molar-refractivity contribution is -0.118. The monoisotopic (exact) mass is 353 g/mol. The second kappa shape index (κ2) is 7.91. The van der Waals surface area contributed by atoms with Crippen LogP contribution in [0, 0.1) is 0 Å². The Morgan fingerprint density at radius 3 is 2.46 bits per heavy atom. The van der Waals surface area contributed by atoms with E-state index in [9.17, 15) is 9.59 Å². The van der Waals surface area contributed by atoms with Crippen molar-refractivity contribution < 1.29 is 14.3 Å². The normalized spacial score (nSPS) is 13.2. The van der Waals surface area contributed by atoms with Gasteiger partial charge in [-0.15, -0.1) is 0 Å². The number of fused-ring (bicyclic) bond motifs is 1. The molecule has 2 aromatic rings. The molecule has 136 valence electrons. The predicted molar refractivity (Wildman–Crippen MR) is 103 cm³/mol. The Morgan fingerprint density at radius 2 is 1.77 bits per heavy atom. The van der Waals surface area contributed by atoms with Crippen LogP contribution in [0.3, 0.4) is 0 Å². The van der Waals surface area contributed by atoms with Crippen molar-refractivity contribution >= 4 is 29.0 Å². The van der Waals surface area contributed by atoms with E-state index in [1.807, 2.05) is 23.1 Å². The third-order valence-corrected chi connectivity index (χ3v) is 4.33. The minimum Gasteiger partial charge on any atom is -0.497 e. The maximum absolute atomic E-state index is 12.2. The van der Waals surface area contributed by atoms with Crippen molar-refractivity contribution in [1.82, 2.24) is 0 Å². The van der Waals surface area contributed by atoms with Crippen molar-refractivity contribution in [3.63, 3.8) is 0 Å². The topological polar surface area (TPSA) is 70.7 Å². The number of nitrogens with zero attached hydrogens (tertiary/aromatic N) is 1. The first-order chi connectivity index (χ1) is 12.6. The Kier molecular flexibility index (Phi) is 5.41. The molecular weight excluding hydrogens is 330 g/mol. The Balaban J connectivity index is 1.68. The molecular formula is C20H23N3O3. The van der Waals surface area contributed by atoms with Crippen molar-refractivity contribution in [3.05, 3.63) is 48.0 Å². The molecule has 6 heteroatoms. The summed E-state index contributed by atoms with van der Waals surface area (Å²) in [6, 6.07) is 12.5. The van der Waals surface area contributed by atoms with E-state index in [2.05, 4.69) is 17.6 Å². The number of amides is 3. The van der Waals surface area contributed by atoms with Gasteiger partial charge in [0.1, 0.15) is 5.75 Å². The van der Waals surface area contributed by atoms with E-state index in [0.29, 0.717) is 24.2 Å². The highest BCUT2D eigenvalue weighted by Gasteiger charge is 2.23. The van der Waals surface area contributed by atoms with Gasteiger partial charge in [0.05, 0.1) is 7.11 Å². The van der Waals surface area contributed by atoms with Gasteiger partial charge in [-0.1, -0.05) is 6.92 Å². The molecule has 0 saturated heterocycles. The Hall–Kier alpha value is -3.02. The number of hydrogen-bond donors (Lipinski definition) is 2. The quantitative estimate of drug-likeness (QED) is 0.852. The minimum atomic E-state index is -0.313. The summed E-state index contributed by atoms with van der Waals surface area (Å²) in [6.07, 6.45) is 2.12. The van der Waals surface area contributed by atoms with Crippen molar-refractivity contribution in [2.45, 2.75) is 26.2 Å². The van der Waals surface area contributed by atoms with Crippen molar-refractivity contribution in [2.24, 2.45) is 0 Å². The zero-order chi connectivity index (χ0) is 18.5. The highest BCUT2D eigenvalue weighted by Crippen LogP contribution is 2.30. The SMILES string of the molecule is CCCN1C(=O)CCc2cc(NC(=O)Nc3ccc(OC)cc3)ccc21. The van der Waals surface area contributed by atoms with E-state index in [4.69, 9.17) is 4.74 Å². The number of nitrogens with one attached hydrogen (secondary N) is 2. The molecule has 1 heterocycles. The smallest absolute Gasteiger partial charge is 0.323 e. The van der Waals surface area contributed by atoms with E-state index in [0.717, 1.165) is 30.0 Å². The molecule has 1 aliphatic rings. The van der Waals surface area contributed by atoms with Crippen LogP contribution in [-0.4, -0.2) is 25.6 Å². The summed E-state index contributed by atoms with van der Waals surface area (Å²) in [5.41, 5.74) is 3.42. The largest absolute Gasteiger partial charge is 0.497 e. The number of methoxy groups -OCH3 is 1. The molecule has 3 rings (SSSR count). The average molecular weight is 353 g/mol. The molecule has 3 amide bonds. The van der Waals surface area contributed by atoms with Gasteiger partial charge < -0.3 is 20.3 Å². The highest BCUT2D eigenvalue weighted by molar-refractivity contribution is 6.01. The Bertz CT molecular complexity index is 802.